The van der Waals surface area contributed by atoms with Crippen LogP contribution in [-0.2, 0) is 24.0 Å². The van der Waals surface area contributed by atoms with E-state index in [-0.39, 0.29) is 5.91 Å². The van der Waals surface area contributed by atoms with Crippen molar-refractivity contribution in [3.63, 3.8) is 0 Å². The van der Waals surface area contributed by atoms with Crippen molar-refractivity contribution >= 4 is 46.4 Å². The van der Waals surface area contributed by atoms with Gasteiger partial charge in [-0.2, -0.15) is 0 Å². The van der Waals surface area contributed by atoms with Crippen molar-refractivity contribution in [2.24, 2.45) is 0 Å². The first kappa shape index (κ1) is 36.1. The van der Waals surface area contributed by atoms with E-state index in [0.29, 0.717) is 24.8 Å². The Labute approximate surface area is 258 Å². The number of rotatable bonds is 8. The third-order valence-electron chi connectivity index (χ3n) is 6.70. The molecule has 0 unspecified atom stereocenters. The zero-order chi connectivity index (χ0) is 33.5. The number of aliphatic carboxylic acids is 4. The number of pyridine rings is 1. The van der Waals surface area contributed by atoms with Crippen molar-refractivity contribution < 1.29 is 54.2 Å². The number of nitrogens with zero attached hydrogens (tertiary/aromatic N) is 3. The summed E-state index contributed by atoms with van der Waals surface area (Å²) in [6.45, 7) is 2.63. The summed E-state index contributed by atoms with van der Waals surface area (Å²) in [5, 5.41) is 44.7. The van der Waals surface area contributed by atoms with Gasteiger partial charge in [-0.15, -0.1) is 0 Å². The van der Waals surface area contributed by atoms with Crippen LogP contribution in [0.2, 0.25) is 0 Å². The molecule has 242 valence electrons. The summed E-state index contributed by atoms with van der Waals surface area (Å²) >= 11 is 0. The summed E-state index contributed by atoms with van der Waals surface area (Å²) in [5.74, 6) is -6.45. The zero-order valence-corrected chi connectivity index (χ0v) is 24.7. The first-order valence-corrected chi connectivity index (χ1v) is 13.6. The van der Waals surface area contributed by atoms with Gasteiger partial charge in [0.05, 0.1) is 24.9 Å². The summed E-state index contributed by atoms with van der Waals surface area (Å²) in [5.41, 5.74) is 2.43. The van der Waals surface area contributed by atoms with Crippen molar-refractivity contribution in [2.75, 3.05) is 45.2 Å². The molecule has 6 N–H and O–H groups in total. The third kappa shape index (κ3) is 12.2. The maximum Gasteiger partial charge on any atom is 0.414 e. The molecule has 3 aromatic rings. The van der Waals surface area contributed by atoms with E-state index in [0.717, 1.165) is 48.3 Å². The van der Waals surface area contributed by atoms with Gasteiger partial charge >= 0.3 is 23.9 Å². The summed E-state index contributed by atoms with van der Waals surface area (Å²) in [7, 11) is 3.45. The van der Waals surface area contributed by atoms with Crippen LogP contribution < -0.4 is 15.0 Å². The standard InChI is InChI=1S/C26H32N4O3.2C2H2O4/c1-29(21-6-4-3-5-7-21)26(32)17-27-20-12-14-30(15-13-20)18-25(31)24-10-8-19-16-22(33-2)9-11-23(19)28-24;2*3-1(4)2(5)6/h3-11,16,20,25,27,31H,12-15,17-18H2,1-2H3;2*(H,3,4)(H,5,6)/t25-;;/m1../s1. The fourth-order valence-corrected chi connectivity index (χ4v) is 4.24. The van der Waals surface area contributed by atoms with Gasteiger partial charge in [0, 0.05) is 30.7 Å². The molecule has 1 amide bonds. The molecule has 2 heterocycles. The van der Waals surface area contributed by atoms with Crippen LogP contribution in [0.3, 0.4) is 0 Å². The number of benzene rings is 2. The number of amides is 1. The molecule has 4 rings (SSSR count). The van der Waals surface area contributed by atoms with Gasteiger partial charge in [-0.3, -0.25) is 9.78 Å². The molecule has 1 aromatic heterocycles. The number of carbonyl (C=O) groups is 5. The topological polar surface area (TPSA) is 227 Å². The fourth-order valence-electron chi connectivity index (χ4n) is 4.24. The van der Waals surface area contributed by atoms with Gasteiger partial charge in [0.1, 0.15) is 11.9 Å². The van der Waals surface area contributed by atoms with Crippen LogP contribution >= 0.6 is 0 Å². The van der Waals surface area contributed by atoms with Gasteiger partial charge < -0.3 is 45.4 Å². The molecule has 15 heteroatoms. The van der Waals surface area contributed by atoms with E-state index in [2.05, 4.69) is 15.2 Å². The number of β-amino-alcohol motifs (C(OH)–C–C–N with tert-alkyl or cyclic N) is 1. The number of nitrogens with one attached hydrogen (secondary N) is 1. The molecule has 1 aliphatic heterocycles. The third-order valence-corrected chi connectivity index (χ3v) is 6.70. The lowest BCUT2D eigenvalue weighted by molar-refractivity contribution is -0.159. The molecule has 0 bridgehead atoms. The van der Waals surface area contributed by atoms with Crippen LogP contribution in [0.1, 0.15) is 24.6 Å². The number of carbonyl (C=O) groups excluding carboxylic acids is 1. The molecular formula is C30H36N4O11. The number of carboxylic acids is 4. The van der Waals surface area contributed by atoms with E-state index in [4.69, 9.17) is 44.3 Å². The number of ether oxygens (including phenoxy) is 1. The monoisotopic (exact) mass is 628 g/mol. The van der Waals surface area contributed by atoms with Gasteiger partial charge in [0.15, 0.2) is 0 Å². The number of likely N-dealkylation sites (N-methyl/N-ethyl adjacent to an activating group) is 1. The molecule has 1 saturated heterocycles. The molecule has 2 aromatic carbocycles. The normalized spacial score (nSPS) is 13.7. The quantitative estimate of drug-likeness (QED) is 0.193. The minimum absolute atomic E-state index is 0.0547. The first-order valence-electron chi connectivity index (χ1n) is 13.6. The zero-order valence-electron chi connectivity index (χ0n) is 24.7. The number of aliphatic hydroxyl groups is 1. The van der Waals surface area contributed by atoms with Crippen molar-refractivity contribution in [1.82, 2.24) is 15.2 Å². The van der Waals surface area contributed by atoms with E-state index in [1.54, 1.807) is 19.1 Å². The Bertz CT molecular complexity index is 1410. The maximum absolute atomic E-state index is 12.5. The molecule has 0 radical (unpaired) electrons. The lowest BCUT2D eigenvalue weighted by Crippen LogP contribution is -2.46. The summed E-state index contributed by atoms with van der Waals surface area (Å²) in [6, 6.07) is 19.6. The van der Waals surface area contributed by atoms with E-state index in [1.807, 2.05) is 60.7 Å². The maximum atomic E-state index is 12.5. The number of anilines is 1. The second-order valence-electron chi connectivity index (χ2n) is 9.78. The summed E-state index contributed by atoms with van der Waals surface area (Å²) in [6.07, 6.45) is 1.25. The summed E-state index contributed by atoms with van der Waals surface area (Å²) in [4.78, 5) is 57.5. The molecule has 0 aliphatic carbocycles. The first-order chi connectivity index (χ1) is 21.3. The average Bonchev–Trinajstić information content (AvgIpc) is 3.04. The number of methoxy groups -OCH3 is 1. The second kappa shape index (κ2) is 17.9. The number of piperidine rings is 1. The van der Waals surface area contributed by atoms with Crippen molar-refractivity contribution in [3.8, 4) is 5.75 Å². The molecule has 0 saturated carbocycles. The Morgan fingerprint density at radius 3 is 2.02 bits per heavy atom. The van der Waals surface area contributed by atoms with Crippen LogP contribution in [0.5, 0.6) is 5.75 Å². The number of hydrogen-bond acceptors (Lipinski definition) is 10. The predicted molar refractivity (Wildman–Crippen MR) is 161 cm³/mol. The Hall–Kier alpha value is -5.12. The molecule has 1 aliphatic rings. The molecule has 1 atom stereocenters. The highest BCUT2D eigenvalue weighted by molar-refractivity contribution is 6.27. The van der Waals surface area contributed by atoms with E-state index in [1.165, 1.54) is 0 Å². The van der Waals surface area contributed by atoms with Crippen LogP contribution in [0, 0.1) is 0 Å². The lowest BCUT2D eigenvalue weighted by atomic mass is 10.0. The van der Waals surface area contributed by atoms with Crippen molar-refractivity contribution in [3.05, 3.63) is 66.4 Å². The van der Waals surface area contributed by atoms with E-state index in [9.17, 15) is 9.90 Å². The number of hydrogen-bond donors (Lipinski definition) is 6. The SMILES string of the molecule is COc1ccc2nc([C@H](O)CN3CCC(NCC(=O)N(C)c4ccccc4)CC3)ccc2c1.O=C(O)C(=O)O.O=C(O)C(=O)O. The minimum atomic E-state index is -1.82. The average molecular weight is 629 g/mol. The van der Waals surface area contributed by atoms with E-state index >= 15 is 0 Å². The van der Waals surface area contributed by atoms with Crippen LogP contribution in [0.25, 0.3) is 10.9 Å². The number of likely N-dealkylation sites (tertiary alicyclic amines) is 1. The van der Waals surface area contributed by atoms with E-state index < -0.39 is 30.0 Å². The smallest absolute Gasteiger partial charge is 0.414 e. The van der Waals surface area contributed by atoms with Crippen LogP contribution in [0.15, 0.2) is 60.7 Å². The highest BCUT2D eigenvalue weighted by Crippen LogP contribution is 2.23. The van der Waals surface area contributed by atoms with Crippen LogP contribution in [-0.4, -0.2) is 112 Å². The molecular weight excluding hydrogens is 592 g/mol. The van der Waals surface area contributed by atoms with Crippen LogP contribution in [0.4, 0.5) is 5.69 Å². The molecule has 0 spiro atoms. The Morgan fingerprint density at radius 1 is 0.911 bits per heavy atom. The largest absolute Gasteiger partial charge is 0.497 e. The van der Waals surface area contributed by atoms with Gasteiger partial charge in [-0.05, 0) is 62.3 Å². The predicted octanol–water partition coefficient (Wildman–Crippen LogP) is 1.31. The van der Waals surface area contributed by atoms with Gasteiger partial charge in [-0.1, -0.05) is 24.3 Å². The van der Waals surface area contributed by atoms with Gasteiger partial charge in [0.2, 0.25) is 5.91 Å². The second-order valence-corrected chi connectivity index (χ2v) is 9.78. The molecule has 15 nitrogen and oxygen atoms in total. The lowest BCUT2D eigenvalue weighted by Gasteiger charge is -2.33. The number of aromatic nitrogens is 1. The Balaban J connectivity index is 0.000000499. The van der Waals surface area contributed by atoms with Gasteiger partial charge in [0.25, 0.3) is 0 Å². The Kier molecular flexibility index (Phi) is 14.3. The molecule has 45 heavy (non-hydrogen) atoms. The number of para-hydroxylation sites is 1. The number of aliphatic hydroxyl groups excluding tert-OH is 1. The molecule has 1 fully saturated rings. The minimum Gasteiger partial charge on any atom is -0.497 e. The number of fused-ring (bicyclic) bond motifs is 1. The van der Waals surface area contributed by atoms with Gasteiger partial charge in [-0.25, -0.2) is 19.2 Å². The number of carboxylic acid groups (broad SMARTS) is 4. The summed E-state index contributed by atoms with van der Waals surface area (Å²) < 4.78 is 5.26. The van der Waals surface area contributed by atoms with Crippen molar-refractivity contribution in [1.29, 1.82) is 0 Å². The van der Waals surface area contributed by atoms with Crippen molar-refractivity contribution in [2.45, 2.75) is 25.0 Å². The Morgan fingerprint density at radius 2 is 1.49 bits per heavy atom. The highest BCUT2D eigenvalue weighted by atomic mass is 16.5. The highest BCUT2D eigenvalue weighted by Gasteiger charge is 2.23. The fraction of sp³-hybridized carbons (Fsp3) is 0.333.